The molecule has 8 nitrogen and oxygen atoms in total. The van der Waals surface area contributed by atoms with Gasteiger partial charge in [-0.1, -0.05) is 76.9 Å². The number of Topliss-reactive ketones (excluding diaryl/α,β-unsaturated/α-hetero) is 1. The Morgan fingerprint density at radius 3 is 2.49 bits per heavy atom. The van der Waals surface area contributed by atoms with Gasteiger partial charge in [0.25, 0.3) is 17.0 Å². The predicted molar refractivity (Wildman–Crippen MR) is 146 cm³/mol. The molecule has 1 aliphatic carbocycles. The molecule has 0 saturated heterocycles. The average molecular weight is 543 g/mol. The van der Waals surface area contributed by atoms with Crippen LogP contribution in [0.25, 0.3) is 10.1 Å². The number of hydrogen-bond acceptors (Lipinski definition) is 8. The molecule has 2 N–H and O–H groups in total. The van der Waals surface area contributed by atoms with Gasteiger partial charge in [-0.15, -0.1) is 21.5 Å². The molecule has 2 aromatic heterocycles. The van der Waals surface area contributed by atoms with Gasteiger partial charge in [0.1, 0.15) is 5.54 Å². The summed E-state index contributed by atoms with van der Waals surface area (Å²) in [5.41, 5.74) is -1.07. The number of aromatic nitrogens is 2. The van der Waals surface area contributed by atoms with E-state index < -0.39 is 17.4 Å². The van der Waals surface area contributed by atoms with E-state index in [9.17, 15) is 14.4 Å². The highest BCUT2D eigenvalue weighted by atomic mass is 32.2. The smallest absolute Gasteiger partial charge is 0.286 e. The predicted octanol–water partition coefficient (Wildman–Crippen LogP) is 5.63. The van der Waals surface area contributed by atoms with Crippen molar-refractivity contribution in [1.82, 2.24) is 20.8 Å². The first-order chi connectivity index (χ1) is 17.7. The van der Waals surface area contributed by atoms with Crippen molar-refractivity contribution in [2.45, 2.75) is 88.3 Å². The van der Waals surface area contributed by atoms with E-state index in [1.54, 1.807) is 0 Å². The van der Waals surface area contributed by atoms with Crippen molar-refractivity contribution >= 4 is 50.8 Å². The number of hydrogen-bond donors (Lipinski definition) is 2. The molecule has 1 saturated carbocycles. The highest BCUT2D eigenvalue weighted by molar-refractivity contribution is 7.99. The Kier molecular flexibility index (Phi) is 8.69. The molecule has 3 aromatic rings. The highest BCUT2D eigenvalue weighted by Crippen LogP contribution is 2.31. The fourth-order valence-corrected chi connectivity index (χ4v) is 6.22. The summed E-state index contributed by atoms with van der Waals surface area (Å²) in [4.78, 5) is 41.0. The number of ketones is 1. The fraction of sp³-hybridized carbons (Fsp3) is 0.519. The van der Waals surface area contributed by atoms with Gasteiger partial charge in [-0.25, -0.2) is 0 Å². The summed E-state index contributed by atoms with van der Waals surface area (Å²) >= 11 is 2.79. The number of amides is 2. The number of fused-ring (bicyclic) bond motifs is 1. The second-order valence-corrected chi connectivity index (χ2v) is 12.9. The zero-order valence-electron chi connectivity index (χ0n) is 21.7. The molecule has 1 aromatic carbocycles. The molecular weight excluding hydrogens is 508 g/mol. The maximum absolute atomic E-state index is 13.8. The van der Waals surface area contributed by atoms with Crippen LogP contribution in [0, 0.1) is 5.92 Å². The van der Waals surface area contributed by atoms with Crippen LogP contribution in [0.15, 0.2) is 40.0 Å². The van der Waals surface area contributed by atoms with Crippen molar-refractivity contribution in [3.05, 3.63) is 41.1 Å². The number of carbonyl (C=O) groups excluding carboxylic acids is 3. The van der Waals surface area contributed by atoms with Crippen LogP contribution in [0.5, 0.6) is 0 Å². The van der Waals surface area contributed by atoms with Gasteiger partial charge in [0.15, 0.2) is 0 Å². The highest BCUT2D eigenvalue weighted by Gasteiger charge is 2.43. The third kappa shape index (κ3) is 6.59. The van der Waals surface area contributed by atoms with Crippen molar-refractivity contribution in [3.63, 3.8) is 0 Å². The number of benzene rings is 1. The number of thioether (sulfide) groups is 1. The number of rotatable bonds is 10. The van der Waals surface area contributed by atoms with Gasteiger partial charge in [0.2, 0.25) is 11.7 Å². The standard InChI is InChI=1S/C27H34N4O4S2/c1-16(2)14-19(22(32)24-30-31-26(35-24)36-17(3)4)28-25(34)27(12-8-5-9-13-27)29-23(33)21-15-18-10-6-7-11-20(18)37-21/h6-7,10-11,15-17,19H,5,8-9,12-14H2,1-4H3,(H,28,34)(H,29,33). The van der Waals surface area contributed by atoms with E-state index in [1.807, 2.05) is 58.0 Å². The van der Waals surface area contributed by atoms with Gasteiger partial charge >= 0.3 is 0 Å². The molecule has 0 aliphatic heterocycles. The molecule has 37 heavy (non-hydrogen) atoms. The molecule has 0 bridgehead atoms. The van der Waals surface area contributed by atoms with Crippen LogP contribution in [0.3, 0.4) is 0 Å². The summed E-state index contributed by atoms with van der Waals surface area (Å²) in [5, 5.41) is 15.5. The summed E-state index contributed by atoms with van der Waals surface area (Å²) < 4.78 is 6.61. The van der Waals surface area contributed by atoms with Crippen LogP contribution >= 0.6 is 23.1 Å². The maximum atomic E-state index is 13.8. The molecular formula is C27H34N4O4S2. The lowest BCUT2D eigenvalue weighted by molar-refractivity contribution is -0.129. The van der Waals surface area contributed by atoms with Crippen LogP contribution in [0.1, 0.15) is 86.6 Å². The van der Waals surface area contributed by atoms with Gasteiger partial charge < -0.3 is 15.1 Å². The van der Waals surface area contributed by atoms with Crippen LogP contribution < -0.4 is 10.6 Å². The maximum Gasteiger partial charge on any atom is 0.286 e. The summed E-state index contributed by atoms with van der Waals surface area (Å²) in [7, 11) is 0. The fourth-order valence-electron chi connectivity index (χ4n) is 4.64. The summed E-state index contributed by atoms with van der Waals surface area (Å²) in [6, 6.07) is 8.85. The molecule has 10 heteroatoms. The number of carbonyl (C=O) groups is 3. The SMILES string of the molecule is CC(C)CC(NC(=O)C1(NC(=O)c2cc3ccccc3s2)CCCCC1)C(=O)c1nnc(SC(C)C)o1. The molecule has 1 fully saturated rings. The molecule has 1 atom stereocenters. The monoisotopic (exact) mass is 542 g/mol. The third-order valence-corrected chi connectivity index (χ3v) is 8.38. The first kappa shape index (κ1) is 27.3. The van der Waals surface area contributed by atoms with Crippen LogP contribution in [0.4, 0.5) is 0 Å². The van der Waals surface area contributed by atoms with E-state index in [-0.39, 0.29) is 28.9 Å². The Balaban J connectivity index is 1.54. The second kappa shape index (κ2) is 11.8. The van der Waals surface area contributed by atoms with Gasteiger partial charge in [-0.05, 0) is 42.7 Å². The van der Waals surface area contributed by atoms with Crippen LogP contribution in [-0.2, 0) is 4.79 Å². The van der Waals surface area contributed by atoms with Crippen molar-refractivity contribution in [2.24, 2.45) is 5.92 Å². The second-order valence-electron chi connectivity index (χ2n) is 10.3. The van der Waals surface area contributed by atoms with Crippen molar-refractivity contribution in [3.8, 4) is 0 Å². The lowest BCUT2D eigenvalue weighted by atomic mass is 9.80. The molecule has 2 amide bonds. The molecule has 0 spiro atoms. The van der Waals surface area contributed by atoms with E-state index in [4.69, 9.17) is 4.42 Å². The normalized spacial score (nSPS) is 16.2. The van der Waals surface area contributed by atoms with Crippen LogP contribution in [0.2, 0.25) is 0 Å². The van der Waals surface area contributed by atoms with Gasteiger partial charge in [-0.3, -0.25) is 14.4 Å². The molecule has 0 radical (unpaired) electrons. The van der Waals surface area contributed by atoms with E-state index in [2.05, 4.69) is 20.8 Å². The Morgan fingerprint density at radius 1 is 1.08 bits per heavy atom. The topological polar surface area (TPSA) is 114 Å². The molecule has 2 heterocycles. The number of nitrogens with zero attached hydrogens (tertiary/aromatic N) is 2. The summed E-state index contributed by atoms with van der Waals surface area (Å²) in [6.45, 7) is 7.96. The van der Waals surface area contributed by atoms with Gasteiger partial charge in [-0.2, -0.15) is 0 Å². The summed E-state index contributed by atoms with van der Waals surface area (Å²) in [6.07, 6.45) is 4.10. The zero-order valence-corrected chi connectivity index (χ0v) is 23.3. The lowest BCUT2D eigenvalue weighted by Crippen LogP contribution is -2.62. The van der Waals surface area contributed by atoms with Crippen LogP contribution in [-0.4, -0.2) is 44.6 Å². The van der Waals surface area contributed by atoms with E-state index >= 15 is 0 Å². The third-order valence-electron chi connectivity index (χ3n) is 6.43. The number of thiophene rings is 1. The van der Waals surface area contributed by atoms with Gasteiger partial charge in [0.05, 0.1) is 10.9 Å². The first-order valence-corrected chi connectivity index (χ1v) is 14.5. The molecule has 198 valence electrons. The lowest BCUT2D eigenvalue weighted by Gasteiger charge is -2.37. The number of nitrogens with one attached hydrogen (secondary N) is 2. The van der Waals surface area contributed by atoms with E-state index in [0.29, 0.717) is 29.4 Å². The Bertz CT molecular complexity index is 1230. The molecule has 1 aliphatic rings. The quantitative estimate of drug-likeness (QED) is 0.252. The van der Waals surface area contributed by atoms with E-state index in [1.165, 1.54) is 23.1 Å². The minimum atomic E-state index is -1.07. The Morgan fingerprint density at radius 2 is 1.81 bits per heavy atom. The van der Waals surface area contributed by atoms with Crippen molar-refractivity contribution in [1.29, 1.82) is 0 Å². The minimum Gasteiger partial charge on any atom is -0.408 e. The minimum absolute atomic E-state index is 0.110. The Hall–Kier alpha value is -2.72. The largest absolute Gasteiger partial charge is 0.408 e. The average Bonchev–Trinajstić information content (AvgIpc) is 3.50. The zero-order chi connectivity index (χ0) is 26.6. The van der Waals surface area contributed by atoms with Gasteiger partial charge in [0, 0.05) is 9.95 Å². The Labute approximate surface area is 225 Å². The molecule has 4 rings (SSSR count). The van der Waals surface area contributed by atoms with Crippen molar-refractivity contribution in [2.75, 3.05) is 0 Å². The summed E-state index contributed by atoms with van der Waals surface area (Å²) in [5.74, 6) is -0.987. The van der Waals surface area contributed by atoms with E-state index in [0.717, 1.165) is 29.3 Å². The molecule has 1 unspecified atom stereocenters. The first-order valence-electron chi connectivity index (χ1n) is 12.8. The van der Waals surface area contributed by atoms with Crippen molar-refractivity contribution < 1.29 is 18.8 Å².